The van der Waals surface area contributed by atoms with Gasteiger partial charge in [-0.05, 0) is 12.1 Å². The molecule has 1 aromatic heterocycles. The molecule has 0 saturated heterocycles. The molecule has 2 rings (SSSR count). The van der Waals surface area contributed by atoms with Crippen molar-refractivity contribution in [1.29, 1.82) is 0 Å². The number of nitrogens with zero attached hydrogens (tertiary/aromatic N) is 2. The standard InChI is InChI=1S/C14H14Cl2N6O3/c1-25-14(24)8-2-9(15)10(16)3-12(8)21-13(23)11(17)6-22(18)7-4-19-20-5-7/h2-6H,17-18H2,1H3,(H,19,20)(H,21,23)/b11-6-. The fourth-order valence-electron chi connectivity index (χ4n) is 1.79. The van der Waals surface area contributed by atoms with Gasteiger partial charge in [-0.3, -0.25) is 14.9 Å². The molecule has 6 N–H and O–H groups in total. The van der Waals surface area contributed by atoms with Gasteiger partial charge in [0.2, 0.25) is 0 Å². The minimum Gasteiger partial charge on any atom is -0.465 e. The van der Waals surface area contributed by atoms with E-state index in [1.54, 1.807) is 0 Å². The highest BCUT2D eigenvalue weighted by Gasteiger charge is 2.18. The number of carbonyl (C=O) groups excluding carboxylic acids is 2. The number of nitrogens with two attached hydrogens (primary N) is 2. The fourth-order valence-corrected chi connectivity index (χ4v) is 2.12. The third-order valence-corrected chi connectivity index (χ3v) is 3.76. The van der Waals surface area contributed by atoms with Crippen molar-refractivity contribution < 1.29 is 14.3 Å². The SMILES string of the molecule is COC(=O)c1cc(Cl)c(Cl)cc1NC(=O)/C(N)=C/N(N)c1cn[nH]c1. The molecule has 1 amide bonds. The zero-order valence-electron chi connectivity index (χ0n) is 12.9. The lowest BCUT2D eigenvalue weighted by molar-refractivity contribution is -0.112. The number of rotatable bonds is 5. The van der Waals surface area contributed by atoms with Crippen molar-refractivity contribution >= 4 is 46.5 Å². The Hall–Kier alpha value is -2.75. The monoisotopic (exact) mass is 384 g/mol. The molecule has 0 unspecified atom stereocenters. The molecule has 1 heterocycles. The molecular weight excluding hydrogens is 371 g/mol. The average molecular weight is 385 g/mol. The third-order valence-electron chi connectivity index (χ3n) is 3.04. The normalized spacial score (nSPS) is 11.1. The number of hydrogen-bond acceptors (Lipinski definition) is 7. The number of hydrogen-bond donors (Lipinski definition) is 4. The lowest BCUT2D eigenvalue weighted by Gasteiger charge is -2.14. The van der Waals surface area contributed by atoms with Crippen molar-refractivity contribution in [3.8, 4) is 0 Å². The number of halogens is 2. The molecule has 0 spiro atoms. The number of methoxy groups -OCH3 is 1. The molecule has 0 bridgehead atoms. The van der Waals surface area contributed by atoms with Gasteiger partial charge in [-0.15, -0.1) is 0 Å². The summed E-state index contributed by atoms with van der Waals surface area (Å²) in [6, 6.07) is 2.60. The highest BCUT2D eigenvalue weighted by molar-refractivity contribution is 6.42. The molecule has 0 radical (unpaired) electrons. The number of esters is 1. The van der Waals surface area contributed by atoms with Crippen molar-refractivity contribution in [2.45, 2.75) is 0 Å². The molecule has 0 atom stereocenters. The van der Waals surface area contributed by atoms with Crippen LogP contribution in [0.25, 0.3) is 0 Å². The first-order chi connectivity index (χ1) is 11.8. The fraction of sp³-hybridized carbons (Fsp3) is 0.0714. The van der Waals surface area contributed by atoms with Gasteiger partial charge in [0.15, 0.2) is 0 Å². The van der Waals surface area contributed by atoms with Crippen molar-refractivity contribution in [2.24, 2.45) is 11.6 Å². The number of amides is 1. The summed E-state index contributed by atoms with van der Waals surface area (Å²) < 4.78 is 4.65. The first-order valence-corrected chi connectivity index (χ1v) is 7.47. The van der Waals surface area contributed by atoms with E-state index in [0.29, 0.717) is 5.69 Å². The molecule has 1 aromatic carbocycles. The molecule has 132 valence electrons. The predicted octanol–water partition coefficient (Wildman–Crippen LogP) is 1.62. The van der Waals surface area contributed by atoms with Crippen LogP contribution in [0.5, 0.6) is 0 Å². The van der Waals surface area contributed by atoms with Crippen LogP contribution in [-0.2, 0) is 9.53 Å². The molecule has 11 heteroatoms. The van der Waals surface area contributed by atoms with E-state index in [0.717, 1.165) is 5.01 Å². The average Bonchev–Trinajstić information content (AvgIpc) is 3.11. The number of ether oxygens (including phenoxy) is 1. The summed E-state index contributed by atoms with van der Waals surface area (Å²) in [5.41, 5.74) is 6.11. The van der Waals surface area contributed by atoms with Crippen molar-refractivity contribution in [3.63, 3.8) is 0 Å². The van der Waals surface area contributed by atoms with E-state index in [2.05, 4.69) is 20.3 Å². The first kappa shape index (κ1) is 18.6. The van der Waals surface area contributed by atoms with E-state index in [1.165, 1.54) is 37.8 Å². The van der Waals surface area contributed by atoms with Crippen LogP contribution in [-0.4, -0.2) is 29.2 Å². The molecule has 0 aliphatic rings. The van der Waals surface area contributed by atoms with Crippen LogP contribution in [0.4, 0.5) is 11.4 Å². The topological polar surface area (TPSA) is 139 Å². The van der Waals surface area contributed by atoms with Gasteiger partial charge in [-0.1, -0.05) is 23.2 Å². The number of H-pyrrole nitrogens is 1. The maximum Gasteiger partial charge on any atom is 0.340 e. The summed E-state index contributed by atoms with van der Waals surface area (Å²) in [5.74, 6) is 4.33. The third kappa shape index (κ3) is 4.41. The van der Waals surface area contributed by atoms with E-state index in [-0.39, 0.29) is 27.0 Å². The molecular formula is C14H14Cl2N6O3. The Labute approximate surface area is 152 Å². The smallest absolute Gasteiger partial charge is 0.340 e. The van der Waals surface area contributed by atoms with Crippen LogP contribution in [0.15, 0.2) is 36.4 Å². The van der Waals surface area contributed by atoms with Gasteiger partial charge in [0.05, 0.1) is 46.5 Å². The Morgan fingerprint density at radius 2 is 2.04 bits per heavy atom. The maximum absolute atomic E-state index is 12.2. The second-order valence-corrected chi connectivity index (χ2v) is 5.52. The van der Waals surface area contributed by atoms with Crippen LogP contribution in [0.3, 0.4) is 0 Å². The van der Waals surface area contributed by atoms with Gasteiger partial charge >= 0.3 is 5.97 Å². The van der Waals surface area contributed by atoms with Gasteiger partial charge < -0.3 is 15.8 Å². The Bertz CT molecular complexity index is 822. The molecule has 0 saturated carbocycles. The van der Waals surface area contributed by atoms with E-state index in [4.69, 9.17) is 34.8 Å². The predicted molar refractivity (Wildman–Crippen MR) is 94.0 cm³/mol. The summed E-state index contributed by atoms with van der Waals surface area (Å²) in [4.78, 5) is 24.1. The van der Waals surface area contributed by atoms with Crippen LogP contribution in [0.2, 0.25) is 10.0 Å². The molecule has 0 aliphatic heterocycles. The number of anilines is 2. The van der Waals surface area contributed by atoms with Gasteiger partial charge in [0, 0.05) is 6.20 Å². The van der Waals surface area contributed by atoms with Gasteiger partial charge in [-0.25, -0.2) is 10.6 Å². The quantitative estimate of drug-likeness (QED) is 0.265. The summed E-state index contributed by atoms with van der Waals surface area (Å²) in [6.07, 6.45) is 4.14. The van der Waals surface area contributed by atoms with Gasteiger partial charge in [0.1, 0.15) is 5.70 Å². The minimum absolute atomic E-state index is 0.0255. The highest BCUT2D eigenvalue weighted by Crippen LogP contribution is 2.29. The number of nitrogens with one attached hydrogen (secondary N) is 2. The Balaban J connectivity index is 2.25. The Kier molecular flexibility index (Phi) is 5.86. The summed E-state index contributed by atoms with van der Waals surface area (Å²) >= 11 is 11.8. The Morgan fingerprint density at radius 1 is 1.36 bits per heavy atom. The lowest BCUT2D eigenvalue weighted by Crippen LogP contribution is -2.29. The van der Waals surface area contributed by atoms with Gasteiger partial charge in [-0.2, -0.15) is 5.10 Å². The number of aromatic nitrogens is 2. The van der Waals surface area contributed by atoms with Crippen molar-refractivity contribution in [3.05, 3.63) is 52.0 Å². The minimum atomic E-state index is -0.706. The van der Waals surface area contributed by atoms with E-state index >= 15 is 0 Å². The zero-order chi connectivity index (χ0) is 18.6. The summed E-state index contributed by atoms with van der Waals surface area (Å²) in [5, 5.41) is 10.1. The maximum atomic E-state index is 12.2. The molecule has 25 heavy (non-hydrogen) atoms. The van der Waals surface area contributed by atoms with Crippen LogP contribution in [0.1, 0.15) is 10.4 Å². The zero-order valence-corrected chi connectivity index (χ0v) is 14.4. The van der Waals surface area contributed by atoms with E-state index in [1.807, 2.05) is 0 Å². The van der Waals surface area contributed by atoms with E-state index < -0.39 is 11.9 Å². The Morgan fingerprint density at radius 3 is 2.64 bits per heavy atom. The summed E-state index contributed by atoms with van der Waals surface area (Å²) in [7, 11) is 1.20. The number of hydrazine groups is 1. The van der Waals surface area contributed by atoms with Crippen molar-refractivity contribution in [1.82, 2.24) is 10.2 Å². The second-order valence-electron chi connectivity index (χ2n) is 4.71. The summed E-state index contributed by atoms with van der Waals surface area (Å²) in [6.45, 7) is 0. The van der Waals surface area contributed by atoms with Crippen molar-refractivity contribution in [2.75, 3.05) is 17.4 Å². The second kappa shape index (κ2) is 7.88. The van der Waals surface area contributed by atoms with E-state index in [9.17, 15) is 9.59 Å². The number of carbonyl (C=O) groups is 2. The molecule has 0 fully saturated rings. The van der Waals surface area contributed by atoms with Crippen LogP contribution >= 0.6 is 23.2 Å². The molecule has 2 aromatic rings. The lowest BCUT2D eigenvalue weighted by atomic mass is 10.1. The number of benzene rings is 1. The molecule has 0 aliphatic carbocycles. The first-order valence-electron chi connectivity index (χ1n) is 6.72. The largest absolute Gasteiger partial charge is 0.465 e. The van der Waals surface area contributed by atoms with Gasteiger partial charge in [0.25, 0.3) is 5.91 Å². The number of aromatic amines is 1. The van der Waals surface area contributed by atoms with Crippen LogP contribution < -0.4 is 21.9 Å². The molecule has 9 nitrogen and oxygen atoms in total. The highest BCUT2D eigenvalue weighted by atomic mass is 35.5. The van der Waals surface area contributed by atoms with Crippen LogP contribution in [0, 0.1) is 0 Å².